The molecule has 0 saturated heterocycles. The highest BCUT2D eigenvalue weighted by atomic mass is 16.5. The minimum atomic E-state index is -0.335. The Hall–Kier alpha value is -1.71. The summed E-state index contributed by atoms with van der Waals surface area (Å²) < 4.78 is 16.5. The third-order valence-corrected chi connectivity index (χ3v) is 2.97. The molecule has 0 atom stereocenters. The highest BCUT2D eigenvalue weighted by molar-refractivity contribution is 5.90. The fraction of sp³-hybridized carbons (Fsp3) is 0.588. The van der Waals surface area contributed by atoms with Gasteiger partial charge in [0.25, 0.3) is 0 Å². The molecule has 0 saturated carbocycles. The van der Waals surface area contributed by atoms with Crippen LogP contribution in [0.25, 0.3) is 0 Å². The first kappa shape index (κ1) is 17.3. The van der Waals surface area contributed by atoms with Crippen molar-refractivity contribution in [3.63, 3.8) is 0 Å². The van der Waals surface area contributed by atoms with Gasteiger partial charge < -0.3 is 14.2 Å². The molecule has 1 rings (SSSR count). The SMILES string of the molecule is CCCCOc1ccc(C(=O)OCC)cc1OCCCC. The van der Waals surface area contributed by atoms with Crippen LogP contribution in [-0.4, -0.2) is 25.8 Å². The number of rotatable bonds is 10. The number of carbonyl (C=O) groups excluding carboxylic acids is 1. The van der Waals surface area contributed by atoms with Crippen molar-refractivity contribution in [2.24, 2.45) is 0 Å². The molecule has 0 aromatic heterocycles. The molecule has 0 radical (unpaired) electrons. The van der Waals surface area contributed by atoms with E-state index in [1.807, 2.05) is 0 Å². The summed E-state index contributed by atoms with van der Waals surface area (Å²) >= 11 is 0. The molecule has 0 unspecified atom stereocenters. The predicted octanol–water partition coefficient (Wildman–Crippen LogP) is 4.22. The van der Waals surface area contributed by atoms with Crippen LogP contribution in [0.15, 0.2) is 18.2 Å². The van der Waals surface area contributed by atoms with Crippen LogP contribution >= 0.6 is 0 Å². The van der Waals surface area contributed by atoms with Crippen molar-refractivity contribution < 1.29 is 19.0 Å². The first-order chi connectivity index (χ1) is 10.2. The average Bonchev–Trinajstić information content (AvgIpc) is 2.49. The normalized spacial score (nSPS) is 10.2. The van der Waals surface area contributed by atoms with E-state index in [9.17, 15) is 4.79 Å². The van der Waals surface area contributed by atoms with Crippen LogP contribution in [0.3, 0.4) is 0 Å². The molecule has 1 aromatic carbocycles. The second kappa shape index (κ2) is 10.1. The van der Waals surface area contributed by atoms with Crippen molar-refractivity contribution in [2.75, 3.05) is 19.8 Å². The van der Waals surface area contributed by atoms with Gasteiger partial charge in [-0.2, -0.15) is 0 Å². The Kier molecular flexibility index (Phi) is 8.32. The van der Waals surface area contributed by atoms with Crippen LogP contribution in [-0.2, 0) is 4.74 Å². The zero-order valence-electron chi connectivity index (χ0n) is 13.3. The van der Waals surface area contributed by atoms with Gasteiger partial charge in [0.15, 0.2) is 11.5 Å². The van der Waals surface area contributed by atoms with Gasteiger partial charge in [0.2, 0.25) is 0 Å². The van der Waals surface area contributed by atoms with Gasteiger partial charge in [0.05, 0.1) is 25.4 Å². The molecular weight excluding hydrogens is 268 g/mol. The number of esters is 1. The van der Waals surface area contributed by atoms with Crippen LogP contribution < -0.4 is 9.47 Å². The summed E-state index contributed by atoms with van der Waals surface area (Å²) in [5, 5.41) is 0. The molecule has 0 heterocycles. The summed E-state index contributed by atoms with van der Waals surface area (Å²) in [5.41, 5.74) is 0.492. The fourth-order valence-electron chi connectivity index (χ4n) is 1.73. The van der Waals surface area contributed by atoms with Gasteiger partial charge in [0.1, 0.15) is 0 Å². The molecule has 0 aliphatic carbocycles. The maximum absolute atomic E-state index is 11.8. The summed E-state index contributed by atoms with van der Waals surface area (Å²) in [6, 6.07) is 5.20. The molecular formula is C17H26O4. The van der Waals surface area contributed by atoms with E-state index in [0.29, 0.717) is 36.9 Å². The van der Waals surface area contributed by atoms with Crippen molar-refractivity contribution >= 4 is 5.97 Å². The van der Waals surface area contributed by atoms with Gasteiger partial charge in [0, 0.05) is 0 Å². The average molecular weight is 294 g/mol. The first-order valence-corrected chi connectivity index (χ1v) is 7.79. The Labute approximate surface area is 127 Å². The lowest BCUT2D eigenvalue weighted by Gasteiger charge is -2.13. The zero-order valence-corrected chi connectivity index (χ0v) is 13.3. The Morgan fingerprint density at radius 2 is 1.57 bits per heavy atom. The van der Waals surface area contributed by atoms with Gasteiger partial charge in [-0.1, -0.05) is 26.7 Å². The van der Waals surface area contributed by atoms with E-state index < -0.39 is 0 Å². The van der Waals surface area contributed by atoms with Crippen LogP contribution in [0.2, 0.25) is 0 Å². The van der Waals surface area contributed by atoms with E-state index in [1.165, 1.54) is 0 Å². The molecule has 4 heteroatoms. The van der Waals surface area contributed by atoms with Crippen LogP contribution in [0, 0.1) is 0 Å². The van der Waals surface area contributed by atoms with E-state index in [4.69, 9.17) is 14.2 Å². The number of unbranched alkanes of at least 4 members (excludes halogenated alkanes) is 2. The van der Waals surface area contributed by atoms with Crippen molar-refractivity contribution in [2.45, 2.75) is 46.5 Å². The molecule has 1 aromatic rings. The minimum absolute atomic E-state index is 0.335. The molecule has 0 spiro atoms. The third kappa shape index (κ3) is 6.06. The van der Waals surface area contributed by atoms with E-state index in [1.54, 1.807) is 25.1 Å². The number of benzene rings is 1. The number of carbonyl (C=O) groups is 1. The van der Waals surface area contributed by atoms with Gasteiger partial charge in [-0.15, -0.1) is 0 Å². The van der Waals surface area contributed by atoms with Gasteiger partial charge >= 0.3 is 5.97 Å². The van der Waals surface area contributed by atoms with Crippen molar-refractivity contribution in [1.29, 1.82) is 0 Å². The lowest BCUT2D eigenvalue weighted by Crippen LogP contribution is -2.07. The Morgan fingerprint density at radius 3 is 2.14 bits per heavy atom. The quantitative estimate of drug-likeness (QED) is 0.479. The van der Waals surface area contributed by atoms with Crippen molar-refractivity contribution in [3.05, 3.63) is 23.8 Å². The van der Waals surface area contributed by atoms with E-state index in [-0.39, 0.29) is 5.97 Å². The van der Waals surface area contributed by atoms with E-state index in [0.717, 1.165) is 25.7 Å². The molecule has 0 fully saturated rings. The van der Waals surface area contributed by atoms with Crippen LogP contribution in [0.5, 0.6) is 11.5 Å². The Bertz CT molecular complexity index is 429. The van der Waals surface area contributed by atoms with Crippen molar-refractivity contribution in [1.82, 2.24) is 0 Å². The molecule has 0 aliphatic rings. The summed E-state index contributed by atoms with van der Waals surface area (Å²) in [7, 11) is 0. The highest BCUT2D eigenvalue weighted by Crippen LogP contribution is 2.29. The molecule has 118 valence electrons. The highest BCUT2D eigenvalue weighted by Gasteiger charge is 2.12. The monoisotopic (exact) mass is 294 g/mol. The van der Waals surface area contributed by atoms with Gasteiger partial charge in [-0.25, -0.2) is 4.79 Å². The maximum Gasteiger partial charge on any atom is 0.338 e. The molecule has 4 nitrogen and oxygen atoms in total. The summed E-state index contributed by atoms with van der Waals surface area (Å²) in [4.78, 5) is 11.8. The predicted molar refractivity (Wildman–Crippen MR) is 83.2 cm³/mol. The topological polar surface area (TPSA) is 44.8 Å². The smallest absolute Gasteiger partial charge is 0.338 e. The zero-order chi connectivity index (χ0) is 15.5. The first-order valence-electron chi connectivity index (χ1n) is 7.79. The fourth-order valence-corrected chi connectivity index (χ4v) is 1.73. The lowest BCUT2D eigenvalue weighted by molar-refractivity contribution is 0.0525. The molecule has 0 aliphatic heterocycles. The molecule has 0 N–H and O–H groups in total. The van der Waals surface area contributed by atoms with E-state index >= 15 is 0 Å². The summed E-state index contributed by atoms with van der Waals surface area (Å²) in [5.74, 6) is 0.968. The molecule has 0 bridgehead atoms. The van der Waals surface area contributed by atoms with Crippen LogP contribution in [0.4, 0.5) is 0 Å². The minimum Gasteiger partial charge on any atom is -0.490 e. The van der Waals surface area contributed by atoms with Gasteiger partial charge in [-0.3, -0.25) is 0 Å². The Morgan fingerprint density at radius 1 is 0.952 bits per heavy atom. The second-order valence-electron chi connectivity index (χ2n) is 4.79. The number of hydrogen-bond donors (Lipinski definition) is 0. The second-order valence-corrected chi connectivity index (χ2v) is 4.79. The van der Waals surface area contributed by atoms with E-state index in [2.05, 4.69) is 13.8 Å². The van der Waals surface area contributed by atoms with Crippen LogP contribution in [0.1, 0.15) is 56.8 Å². The standard InChI is InChI=1S/C17H26O4/c1-4-7-11-20-15-10-9-14(17(18)19-6-3)13-16(15)21-12-8-5-2/h9-10,13H,4-8,11-12H2,1-3H3. The summed E-state index contributed by atoms with van der Waals surface area (Å²) in [6.45, 7) is 7.65. The Balaban J connectivity index is 2.82. The molecule has 21 heavy (non-hydrogen) atoms. The number of hydrogen-bond acceptors (Lipinski definition) is 4. The third-order valence-electron chi connectivity index (χ3n) is 2.97. The lowest BCUT2D eigenvalue weighted by atomic mass is 10.2. The largest absolute Gasteiger partial charge is 0.490 e. The van der Waals surface area contributed by atoms with Gasteiger partial charge in [-0.05, 0) is 38.0 Å². The maximum atomic E-state index is 11.8. The summed E-state index contributed by atoms with van der Waals surface area (Å²) in [6.07, 6.45) is 4.10. The number of ether oxygens (including phenoxy) is 3. The molecule has 0 amide bonds. The van der Waals surface area contributed by atoms with Crippen molar-refractivity contribution in [3.8, 4) is 11.5 Å².